The first-order valence-corrected chi connectivity index (χ1v) is 9.97. The molecule has 1 heterocycles. The molecule has 2 amide bonds. The summed E-state index contributed by atoms with van der Waals surface area (Å²) in [6, 6.07) is 11.1. The number of rotatable bonds is 7. The van der Waals surface area contributed by atoms with E-state index in [9.17, 15) is 14.4 Å². The zero-order valence-corrected chi connectivity index (χ0v) is 17.0. The van der Waals surface area contributed by atoms with Gasteiger partial charge in [-0.3, -0.25) is 19.1 Å². The van der Waals surface area contributed by atoms with Crippen molar-refractivity contribution in [2.45, 2.75) is 37.6 Å². The number of hydrogen-bond donors (Lipinski definition) is 4. The van der Waals surface area contributed by atoms with Gasteiger partial charge in [0.05, 0.1) is 5.41 Å². The molecule has 31 heavy (non-hydrogen) atoms. The Balaban J connectivity index is 2.05. The first kappa shape index (κ1) is 20.5. The number of aromatic nitrogens is 2. The number of nitrogens with zero attached hydrogens (tertiary/aromatic N) is 1. The largest absolute Gasteiger partial charge is 0.438 e. The van der Waals surface area contributed by atoms with E-state index in [-0.39, 0.29) is 6.04 Å². The molecule has 0 aliphatic heterocycles. The third kappa shape index (κ3) is 3.64. The van der Waals surface area contributed by atoms with Crippen molar-refractivity contribution in [1.29, 1.82) is 0 Å². The molecule has 2 aromatic carbocycles. The van der Waals surface area contributed by atoms with E-state index in [4.69, 9.17) is 10.3 Å². The lowest BCUT2D eigenvalue weighted by Gasteiger charge is -2.35. The Kier molecular flexibility index (Phi) is 5.43. The molecule has 0 spiro atoms. The molecule has 160 valence electrons. The van der Waals surface area contributed by atoms with Crippen molar-refractivity contribution >= 4 is 24.2 Å². The summed E-state index contributed by atoms with van der Waals surface area (Å²) in [6.07, 6.45) is 3.09. The van der Waals surface area contributed by atoms with Crippen LogP contribution in [0, 0.1) is 0 Å². The van der Waals surface area contributed by atoms with Crippen molar-refractivity contribution in [2.24, 2.45) is 5.73 Å². The molecule has 0 saturated heterocycles. The maximum atomic E-state index is 11.9. The molecule has 4 rings (SSSR count). The Labute approximate surface area is 178 Å². The Morgan fingerprint density at radius 3 is 2.06 bits per heavy atom. The highest BCUT2D eigenvalue weighted by molar-refractivity contribution is 5.74. The smallest absolute Gasteiger partial charge is 0.329 e. The third-order valence-electron chi connectivity index (χ3n) is 5.72. The molecule has 9 heteroatoms. The Hall–Kier alpha value is -3.72. The van der Waals surface area contributed by atoms with E-state index >= 15 is 0 Å². The normalized spacial score (nSPS) is 15.2. The molecule has 0 fully saturated rings. The van der Waals surface area contributed by atoms with Gasteiger partial charge < -0.3 is 16.4 Å². The molecule has 0 saturated carbocycles. The van der Waals surface area contributed by atoms with Gasteiger partial charge in [0, 0.05) is 17.4 Å². The average molecular weight is 421 g/mol. The van der Waals surface area contributed by atoms with Gasteiger partial charge in [0.15, 0.2) is 5.82 Å². The fourth-order valence-electron chi connectivity index (χ4n) is 4.63. The zero-order chi connectivity index (χ0) is 22.0. The highest BCUT2D eigenvalue weighted by atomic mass is 16.5. The second kappa shape index (κ2) is 8.19. The van der Waals surface area contributed by atoms with Crippen LogP contribution in [0.3, 0.4) is 0 Å². The second-order valence-electron chi connectivity index (χ2n) is 7.80. The molecular formula is C22H23N5O4. The monoisotopic (exact) mass is 421 g/mol. The molecule has 9 nitrogen and oxygen atoms in total. The van der Waals surface area contributed by atoms with Crippen molar-refractivity contribution < 1.29 is 14.1 Å². The summed E-state index contributed by atoms with van der Waals surface area (Å²) in [5, 5.41) is 9.46. The summed E-state index contributed by atoms with van der Waals surface area (Å²) in [5.74, 6) is -0.281. The van der Waals surface area contributed by atoms with Gasteiger partial charge in [-0.1, -0.05) is 17.3 Å². The first-order valence-electron chi connectivity index (χ1n) is 9.97. The number of carbonyl (C=O) groups is 2. The van der Waals surface area contributed by atoms with Gasteiger partial charge in [-0.25, -0.2) is 4.79 Å². The van der Waals surface area contributed by atoms with Gasteiger partial charge in [-0.2, -0.15) is 0 Å². The highest BCUT2D eigenvalue weighted by Crippen LogP contribution is 2.47. The van der Waals surface area contributed by atoms with Crippen LogP contribution in [0.15, 0.2) is 45.7 Å². The van der Waals surface area contributed by atoms with Crippen LogP contribution in [0.1, 0.15) is 41.4 Å². The van der Waals surface area contributed by atoms with Gasteiger partial charge in [0.25, 0.3) is 0 Å². The second-order valence-corrected chi connectivity index (χ2v) is 7.80. The lowest BCUT2D eigenvalue weighted by Crippen LogP contribution is -2.38. The molecule has 3 aromatic rings. The first-order chi connectivity index (χ1) is 15.0. The number of nitrogens with one attached hydrogen (secondary N) is 3. The number of carbonyl (C=O) groups excluding carboxylic acids is 2. The number of H-pyrrole nitrogens is 1. The Morgan fingerprint density at radius 1 is 1.10 bits per heavy atom. The van der Waals surface area contributed by atoms with E-state index < -0.39 is 11.2 Å². The van der Waals surface area contributed by atoms with Crippen LogP contribution in [0.5, 0.6) is 0 Å². The van der Waals surface area contributed by atoms with Crippen molar-refractivity contribution in [2.75, 3.05) is 10.6 Å². The van der Waals surface area contributed by atoms with Gasteiger partial charge in [-0.15, -0.1) is 0 Å². The minimum Gasteiger partial charge on any atom is -0.329 e. The van der Waals surface area contributed by atoms with Crippen LogP contribution >= 0.6 is 0 Å². The quantitative estimate of drug-likeness (QED) is 0.427. The summed E-state index contributed by atoms with van der Waals surface area (Å²) in [7, 11) is 0. The zero-order valence-electron chi connectivity index (χ0n) is 17.0. The van der Waals surface area contributed by atoms with Crippen LogP contribution in [0.4, 0.5) is 11.4 Å². The van der Waals surface area contributed by atoms with Crippen molar-refractivity contribution in [3.05, 3.63) is 75.0 Å². The number of nitrogens with two attached hydrogens (primary N) is 1. The maximum Gasteiger partial charge on any atom is 0.438 e. The van der Waals surface area contributed by atoms with Gasteiger partial charge >= 0.3 is 5.76 Å². The van der Waals surface area contributed by atoms with Gasteiger partial charge in [0.2, 0.25) is 12.8 Å². The molecule has 1 aliphatic rings. The van der Waals surface area contributed by atoms with Crippen LogP contribution in [0.2, 0.25) is 0 Å². The summed E-state index contributed by atoms with van der Waals surface area (Å²) in [4.78, 5) is 36.6. The standard InChI is InChI=1S/C22H23N5O4/c1-13(23)10-22(20-26-21(30)31-27-20)18-6-4-16(24-11-28)8-14(18)2-3-15-9-17(25-12-29)5-7-19(15)22/h4-9,11-13H,2-3,10,23H2,1H3,(H,24,28)(H,25,29)(H,26,27,30)/t13-/m1/s1. The average Bonchev–Trinajstić information content (AvgIpc) is 3.13. The fraction of sp³-hybridized carbons (Fsp3) is 0.273. The predicted molar refractivity (Wildman–Crippen MR) is 115 cm³/mol. The predicted octanol–water partition coefficient (Wildman–Crippen LogP) is 1.67. The van der Waals surface area contributed by atoms with Gasteiger partial charge in [-0.05, 0) is 72.7 Å². The van der Waals surface area contributed by atoms with E-state index in [0.717, 1.165) is 22.3 Å². The van der Waals surface area contributed by atoms with Crippen LogP contribution in [-0.4, -0.2) is 29.0 Å². The Morgan fingerprint density at radius 2 is 1.65 bits per heavy atom. The molecule has 0 radical (unpaired) electrons. The minimum absolute atomic E-state index is 0.237. The number of aryl methyl sites for hydroxylation is 2. The molecule has 1 aliphatic carbocycles. The van der Waals surface area contributed by atoms with Crippen LogP contribution in [-0.2, 0) is 27.8 Å². The van der Waals surface area contributed by atoms with Crippen LogP contribution < -0.4 is 22.1 Å². The lowest BCUT2D eigenvalue weighted by atomic mass is 9.68. The van der Waals surface area contributed by atoms with E-state index in [2.05, 4.69) is 20.8 Å². The molecule has 0 unspecified atom stereocenters. The highest BCUT2D eigenvalue weighted by Gasteiger charge is 2.45. The van der Waals surface area contributed by atoms with Gasteiger partial charge in [0.1, 0.15) is 0 Å². The number of amides is 2. The third-order valence-corrected chi connectivity index (χ3v) is 5.72. The number of fused-ring (bicyclic) bond motifs is 2. The maximum absolute atomic E-state index is 11.9. The number of benzene rings is 2. The SMILES string of the molecule is C[C@@H](N)CC1(c2noc(=O)[nH]2)c2ccc(NC=O)cc2CCc2cc(NC=O)ccc21. The molecule has 1 aromatic heterocycles. The summed E-state index contributed by atoms with van der Waals surface area (Å²) >= 11 is 0. The topological polar surface area (TPSA) is 143 Å². The Bertz CT molecular complexity index is 1120. The minimum atomic E-state index is -0.874. The van der Waals surface area contributed by atoms with Crippen molar-refractivity contribution in [3.8, 4) is 0 Å². The lowest BCUT2D eigenvalue weighted by molar-refractivity contribution is -0.106. The fourth-order valence-corrected chi connectivity index (χ4v) is 4.63. The summed E-state index contributed by atoms with van der Waals surface area (Å²) in [6.45, 7) is 1.90. The molecule has 0 bridgehead atoms. The molecular weight excluding hydrogens is 398 g/mol. The van der Waals surface area contributed by atoms with E-state index in [0.29, 0.717) is 49.3 Å². The van der Waals surface area contributed by atoms with E-state index in [1.165, 1.54) is 0 Å². The summed E-state index contributed by atoms with van der Waals surface area (Å²) < 4.78 is 4.90. The van der Waals surface area contributed by atoms with Crippen molar-refractivity contribution in [1.82, 2.24) is 10.1 Å². The number of anilines is 2. The van der Waals surface area contributed by atoms with Crippen molar-refractivity contribution in [3.63, 3.8) is 0 Å². The molecule has 5 N–H and O–H groups in total. The summed E-state index contributed by atoms with van der Waals surface area (Å²) in [5.41, 5.74) is 10.6. The number of aromatic amines is 1. The van der Waals surface area contributed by atoms with E-state index in [1.54, 1.807) is 0 Å². The van der Waals surface area contributed by atoms with E-state index in [1.807, 2.05) is 43.3 Å². The van der Waals surface area contributed by atoms with Crippen LogP contribution in [0.25, 0.3) is 0 Å². The number of hydrogen-bond acceptors (Lipinski definition) is 6. The molecule has 1 atom stereocenters.